The number of ether oxygens (including phenoxy) is 2. The van der Waals surface area contributed by atoms with Crippen LogP contribution in [-0.4, -0.2) is 41.1 Å². The van der Waals surface area contributed by atoms with Crippen molar-refractivity contribution in [1.82, 2.24) is 5.32 Å². The van der Waals surface area contributed by atoms with Gasteiger partial charge in [0.25, 0.3) is 0 Å². The van der Waals surface area contributed by atoms with E-state index in [1.807, 2.05) is 30.3 Å². The monoisotopic (exact) mass is 392 g/mol. The molecule has 1 aromatic rings. The van der Waals surface area contributed by atoms with Crippen LogP contribution in [0.25, 0.3) is 0 Å². The van der Waals surface area contributed by atoms with Crippen molar-refractivity contribution in [2.75, 3.05) is 0 Å². The van der Waals surface area contributed by atoms with Crippen LogP contribution >= 0.6 is 0 Å². The summed E-state index contributed by atoms with van der Waals surface area (Å²) in [5, 5.41) is 2.61. The molecule has 28 heavy (non-hydrogen) atoms. The summed E-state index contributed by atoms with van der Waals surface area (Å²) in [4.78, 5) is 36.9. The Labute approximate surface area is 167 Å². The largest absolute Gasteiger partial charge is 0.460 e. The quantitative estimate of drug-likeness (QED) is 0.688. The Morgan fingerprint density at radius 2 is 1.50 bits per heavy atom. The molecule has 0 unspecified atom stereocenters. The summed E-state index contributed by atoms with van der Waals surface area (Å²) in [5.41, 5.74) is 5.34. The Bertz CT molecular complexity index is 674. The van der Waals surface area contributed by atoms with Gasteiger partial charge in [-0.1, -0.05) is 30.3 Å². The smallest absolute Gasteiger partial charge is 0.329 e. The lowest BCUT2D eigenvalue weighted by atomic mass is 10.0. The van der Waals surface area contributed by atoms with Crippen LogP contribution < -0.4 is 11.1 Å². The van der Waals surface area contributed by atoms with E-state index < -0.39 is 41.1 Å². The first-order valence-corrected chi connectivity index (χ1v) is 9.31. The van der Waals surface area contributed by atoms with Gasteiger partial charge in [-0.3, -0.25) is 9.59 Å². The first-order chi connectivity index (χ1) is 12.8. The molecule has 0 saturated heterocycles. The van der Waals surface area contributed by atoms with Gasteiger partial charge in [-0.25, -0.2) is 4.79 Å². The maximum atomic E-state index is 12.6. The van der Waals surface area contributed by atoms with Gasteiger partial charge in [-0.15, -0.1) is 0 Å². The van der Waals surface area contributed by atoms with Crippen LogP contribution in [0.1, 0.15) is 53.5 Å². The minimum absolute atomic E-state index is 0.251. The maximum absolute atomic E-state index is 12.6. The van der Waals surface area contributed by atoms with Crippen LogP contribution in [0, 0.1) is 0 Å². The molecule has 0 aliphatic heterocycles. The van der Waals surface area contributed by atoms with Crippen molar-refractivity contribution in [1.29, 1.82) is 0 Å². The fourth-order valence-corrected chi connectivity index (χ4v) is 2.35. The van der Waals surface area contributed by atoms with E-state index in [2.05, 4.69) is 5.32 Å². The molecule has 1 amide bonds. The average molecular weight is 392 g/mol. The third-order valence-corrected chi connectivity index (χ3v) is 3.43. The lowest BCUT2D eigenvalue weighted by Gasteiger charge is -2.26. The highest BCUT2D eigenvalue weighted by molar-refractivity contribution is 5.90. The van der Waals surface area contributed by atoms with Crippen LogP contribution in [0.3, 0.4) is 0 Å². The van der Waals surface area contributed by atoms with E-state index in [4.69, 9.17) is 15.2 Å². The van der Waals surface area contributed by atoms with Crippen molar-refractivity contribution in [3.8, 4) is 0 Å². The molecule has 0 aliphatic rings. The average Bonchev–Trinajstić information content (AvgIpc) is 2.51. The number of carbonyl (C=O) groups is 3. The minimum atomic E-state index is -1.13. The van der Waals surface area contributed by atoms with E-state index in [1.54, 1.807) is 41.5 Å². The van der Waals surface area contributed by atoms with Gasteiger partial charge >= 0.3 is 11.9 Å². The summed E-state index contributed by atoms with van der Waals surface area (Å²) in [7, 11) is 0. The lowest BCUT2D eigenvalue weighted by molar-refractivity contribution is -0.158. The molecular weight excluding hydrogens is 360 g/mol. The first-order valence-electron chi connectivity index (χ1n) is 9.31. The van der Waals surface area contributed by atoms with Gasteiger partial charge in [0.15, 0.2) is 0 Å². The van der Waals surface area contributed by atoms with Crippen LogP contribution in [-0.2, 0) is 30.3 Å². The summed E-state index contributed by atoms with van der Waals surface area (Å²) in [6, 6.07) is 7.21. The highest BCUT2D eigenvalue weighted by Gasteiger charge is 2.30. The van der Waals surface area contributed by atoms with Crippen molar-refractivity contribution in [3.05, 3.63) is 35.9 Å². The number of amides is 1. The molecule has 0 radical (unpaired) electrons. The van der Waals surface area contributed by atoms with Gasteiger partial charge in [0, 0.05) is 6.42 Å². The fraction of sp³-hybridized carbons (Fsp3) is 0.571. The van der Waals surface area contributed by atoms with Crippen molar-refractivity contribution in [2.24, 2.45) is 5.73 Å². The highest BCUT2D eigenvalue weighted by Crippen LogP contribution is 2.12. The normalized spacial score (nSPS) is 14.0. The summed E-state index contributed by atoms with van der Waals surface area (Å²) in [6.07, 6.45) is -0.0316. The SMILES string of the molecule is CC(C)(C)OC(=O)C[C@H](N)C(=O)N[C@@H](Cc1ccccc1)C(=O)OC(C)(C)C. The van der Waals surface area contributed by atoms with E-state index in [0.29, 0.717) is 0 Å². The van der Waals surface area contributed by atoms with Gasteiger partial charge in [0.05, 0.1) is 12.5 Å². The van der Waals surface area contributed by atoms with E-state index in [-0.39, 0.29) is 12.8 Å². The molecule has 3 N–H and O–H groups in total. The van der Waals surface area contributed by atoms with Gasteiger partial charge in [0.1, 0.15) is 17.2 Å². The van der Waals surface area contributed by atoms with Gasteiger partial charge in [-0.05, 0) is 47.1 Å². The lowest BCUT2D eigenvalue weighted by Crippen LogP contribution is -2.51. The van der Waals surface area contributed by atoms with Crippen LogP contribution in [0.5, 0.6) is 0 Å². The summed E-state index contributed by atoms with van der Waals surface area (Å²) in [6.45, 7) is 10.4. The molecule has 7 nitrogen and oxygen atoms in total. The van der Waals surface area contributed by atoms with Gasteiger partial charge in [0.2, 0.25) is 5.91 Å². The van der Waals surface area contributed by atoms with Crippen molar-refractivity contribution >= 4 is 17.8 Å². The van der Waals surface area contributed by atoms with E-state index >= 15 is 0 Å². The molecule has 0 bridgehead atoms. The molecule has 0 aliphatic carbocycles. The second kappa shape index (κ2) is 9.68. The van der Waals surface area contributed by atoms with Crippen LogP contribution in [0.15, 0.2) is 30.3 Å². The zero-order valence-electron chi connectivity index (χ0n) is 17.6. The molecule has 0 aromatic heterocycles. The minimum Gasteiger partial charge on any atom is -0.460 e. The second-order valence-electron chi connectivity index (χ2n) is 8.68. The second-order valence-corrected chi connectivity index (χ2v) is 8.68. The summed E-state index contributed by atoms with van der Waals surface area (Å²) in [5.74, 6) is -1.75. The number of nitrogens with two attached hydrogens (primary N) is 1. The maximum Gasteiger partial charge on any atom is 0.329 e. The predicted octanol–water partition coefficient (Wildman–Crippen LogP) is 2.11. The van der Waals surface area contributed by atoms with Crippen LogP contribution in [0.4, 0.5) is 0 Å². The van der Waals surface area contributed by atoms with E-state index in [0.717, 1.165) is 5.56 Å². The number of hydrogen-bond acceptors (Lipinski definition) is 6. The number of hydrogen-bond donors (Lipinski definition) is 2. The van der Waals surface area contributed by atoms with Crippen molar-refractivity contribution < 1.29 is 23.9 Å². The molecule has 0 saturated carbocycles. The highest BCUT2D eigenvalue weighted by atomic mass is 16.6. The van der Waals surface area contributed by atoms with E-state index in [1.165, 1.54) is 0 Å². The summed E-state index contributed by atoms with van der Waals surface area (Å²) < 4.78 is 10.6. The molecule has 0 spiro atoms. The molecule has 1 aromatic carbocycles. The third-order valence-electron chi connectivity index (χ3n) is 3.43. The van der Waals surface area contributed by atoms with Gasteiger partial charge < -0.3 is 20.5 Å². The molecule has 156 valence electrons. The Balaban J connectivity index is 2.82. The van der Waals surface area contributed by atoms with Crippen LogP contribution in [0.2, 0.25) is 0 Å². The topological polar surface area (TPSA) is 108 Å². The Morgan fingerprint density at radius 1 is 0.964 bits per heavy atom. The zero-order chi connectivity index (χ0) is 21.5. The zero-order valence-corrected chi connectivity index (χ0v) is 17.6. The molecule has 1 rings (SSSR count). The Hall–Kier alpha value is -2.41. The number of benzene rings is 1. The number of carbonyl (C=O) groups excluding carboxylic acids is 3. The number of rotatable bonds is 7. The first kappa shape index (κ1) is 23.6. The molecule has 0 fully saturated rings. The summed E-state index contributed by atoms with van der Waals surface area (Å²) >= 11 is 0. The molecule has 0 heterocycles. The van der Waals surface area contributed by atoms with Crippen molar-refractivity contribution in [3.63, 3.8) is 0 Å². The fourth-order valence-electron chi connectivity index (χ4n) is 2.35. The molecular formula is C21H32N2O5. The molecule has 7 heteroatoms. The molecule has 2 atom stereocenters. The third kappa shape index (κ3) is 9.50. The Morgan fingerprint density at radius 3 is 2.00 bits per heavy atom. The standard InChI is InChI=1S/C21H32N2O5/c1-20(2,3)27-17(24)13-15(22)18(25)23-16(19(26)28-21(4,5)6)12-14-10-8-7-9-11-14/h7-11,15-16H,12-13,22H2,1-6H3,(H,23,25)/t15-,16-/m0/s1. The van der Waals surface area contributed by atoms with Crippen molar-refractivity contribution in [2.45, 2.75) is 77.7 Å². The van der Waals surface area contributed by atoms with Gasteiger partial charge in [-0.2, -0.15) is 0 Å². The number of esters is 2. The van der Waals surface area contributed by atoms with E-state index in [9.17, 15) is 14.4 Å². The predicted molar refractivity (Wildman–Crippen MR) is 106 cm³/mol. The number of nitrogens with one attached hydrogen (secondary N) is 1. The Kier molecular flexibility index (Phi) is 8.17.